The van der Waals surface area contributed by atoms with Crippen LogP contribution in [0.1, 0.15) is 12.8 Å². The van der Waals surface area contributed by atoms with Crippen LogP contribution in [-0.2, 0) is 4.74 Å². The molecule has 1 aliphatic heterocycles. The highest BCUT2D eigenvalue weighted by Crippen LogP contribution is 2.44. The molecule has 2 nitrogen and oxygen atoms in total. The Hall–Kier alpha value is -0.790. The normalized spacial score (nSPS) is 43.3. The lowest BCUT2D eigenvalue weighted by molar-refractivity contribution is 0.312. The van der Waals surface area contributed by atoms with Gasteiger partial charge in [0.15, 0.2) is 5.90 Å². The first-order valence-corrected chi connectivity index (χ1v) is 4.79. The number of fused-ring (bicyclic) bond motifs is 2. The van der Waals surface area contributed by atoms with E-state index in [0.717, 1.165) is 30.9 Å². The van der Waals surface area contributed by atoms with E-state index < -0.39 is 0 Å². The lowest BCUT2D eigenvalue weighted by atomic mass is 9.93. The molecule has 0 aromatic carbocycles. The molecule has 2 aliphatic carbocycles. The Morgan fingerprint density at radius 1 is 1.33 bits per heavy atom. The van der Waals surface area contributed by atoms with Crippen molar-refractivity contribution in [2.75, 3.05) is 13.2 Å². The van der Waals surface area contributed by atoms with Crippen molar-refractivity contribution in [2.24, 2.45) is 22.7 Å². The Kier molecular flexibility index (Phi) is 1.31. The molecule has 3 rings (SSSR count). The fourth-order valence-corrected chi connectivity index (χ4v) is 2.64. The molecule has 3 unspecified atom stereocenters. The molecular weight excluding hydrogens is 150 g/mol. The van der Waals surface area contributed by atoms with E-state index in [1.807, 2.05) is 0 Å². The summed E-state index contributed by atoms with van der Waals surface area (Å²) in [4.78, 5) is 4.40. The first kappa shape index (κ1) is 6.70. The molecule has 1 heterocycles. The van der Waals surface area contributed by atoms with E-state index in [1.54, 1.807) is 0 Å². The van der Waals surface area contributed by atoms with Crippen LogP contribution in [0.4, 0.5) is 0 Å². The van der Waals surface area contributed by atoms with Gasteiger partial charge < -0.3 is 4.74 Å². The zero-order valence-corrected chi connectivity index (χ0v) is 7.07. The van der Waals surface area contributed by atoms with E-state index in [0.29, 0.717) is 5.92 Å². The minimum absolute atomic E-state index is 0.627. The van der Waals surface area contributed by atoms with Gasteiger partial charge in [-0.15, -0.1) is 0 Å². The van der Waals surface area contributed by atoms with Gasteiger partial charge in [-0.05, 0) is 24.7 Å². The van der Waals surface area contributed by atoms with E-state index in [2.05, 4.69) is 17.1 Å². The van der Waals surface area contributed by atoms with Gasteiger partial charge in [0.1, 0.15) is 6.61 Å². The van der Waals surface area contributed by atoms with E-state index >= 15 is 0 Å². The smallest absolute Gasteiger partial charge is 0.187 e. The molecule has 3 atom stereocenters. The van der Waals surface area contributed by atoms with Gasteiger partial charge in [0.2, 0.25) is 0 Å². The van der Waals surface area contributed by atoms with Crippen LogP contribution in [0.15, 0.2) is 17.1 Å². The van der Waals surface area contributed by atoms with E-state index in [9.17, 15) is 0 Å². The Labute approximate surface area is 72.3 Å². The van der Waals surface area contributed by atoms with Crippen molar-refractivity contribution in [2.45, 2.75) is 12.8 Å². The predicted molar refractivity (Wildman–Crippen MR) is 47.1 cm³/mol. The van der Waals surface area contributed by atoms with Gasteiger partial charge in [0.25, 0.3) is 0 Å². The molecule has 1 saturated carbocycles. The predicted octanol–water partition coefficient (Wildman–Crippen LogP) is 1.63. The maximum atomic E-state index is 5.51. The molecule has 0 amide bonds. The number of rotatable bonds is 1. The summed E-state index contributed by atoms with van der Waals surface area (Å²) < 4.78 is 5.51. The molecule has 0 aromatic rings. The second-order valence-electron chi connectivity index (χ2n) is 3.96. The number of aliphatic imine (C=N–C) groups is 1. The van der Waals surface area contributed by atoms with Gasteiger partial charge in [0.05, 0.1) is 6.54 Å². The van der Waals surface area contributed by atoms with Crippen molar-refractivity contribution < 1.29 is 4.74 Å². The number of hydrogen-bond donors (Lipinski definition) is 0. The summed E-state index contributed by atoms with van der Waals surface area (Å²) in [5.41, 5.74) is 0. The fraction of sp³-hybridized carbons (Fsp3) is 0.700. The van der Waals surface area contributed by atoms with E-state index in [1.165, 1.54) is 12.8 Å². The van der Waals surface area contributed by atoms with E-state index in [-0.39, 0.29) is 0 Å². The molecule has 2 bridgehead atoms. The summed E-state index contributed by atoms with van der Waals surface area (Å²) >= 11 is 0. The molecule has 2 heteroatoms. The Morgan fingerprint density at radius 2 is 2.33 bits per heavy atom. The third-order valence-corrected chi connectivity index (χ3v) is 3.20. The number of hydrogen-bond acceptors (Lipinski definition) is 2. The molecule has 0 radical (unpaired) electrons. The molecule has 1 fully saturated rings. The Bertz CT molecular complexity index is 257. The average Bonchev–Trinajstić information content (AvgIpc) is 2.81. The van der Waals surface area contributed by atoms with Crippen LogP contribution in [0.25, 0.3) is 0 Å². The molecule has 64 valence electrons. The molecule has 3 aliphatic rings. The van der Waals surface area contributed by atoms with E-state index in [4.69, 9.17) is 4.74 Å². The Balaban J connectivity index is 1.82. The zero-order valence-electron chi connectivity index (χ0n) is 7.07. The zero-order chi connectivity index (χ0) is 7.97. The van der Waals surface area contributed by atoms with Gasteiger partial charge in [-0.25, -0.2) is 0 Å². The summed E-state index contributed by atoms with van der Waals surface area (Å²) in [6.45, 7) is 1.69. The highest BCUT2D eigenvalue weighted by molar-refractivity contribution is 5.81. The van der Waals surface area contributed by atoms with Crippen LogP contribution in [0, 0.1) is 17.8 Å². The molecule has 0 N–H and O–H groups in total. The molecule has 12 heavy (non-hydrogen) atoms. The third-order valence-electron chi connectivity index (χ3n) is 3.20. The number of allylic oxidation sites excluding steroid dienone is 2. The summed E-state index contributed by atoms with van der Waals surface area (Å²) in [7, 11) is 0. The van der Waals surface area contributed by atoms with Gasteiger partial charge in [-0.3, -0.25) is 4.99 Å². The van der Waals surface area contributed by atoms with Crippen LogP contribution >= 0.6 is 0 Å². The maximum Gasteiger partial charge on any atom is 0.187 e. The van der Waals surface area contributed by atoms with Gasteiger partial charge in [0, 0.05) is 5.92 Å². The minimum atomic E-state index is 0.627. The first-order valence-electron chi connectivity index (χ1n) is 4.79. The molecule has 0 saturated heterocycles. The van der Waals surface area contributed by atoms with Crippen LogP contribution in [-0.4, -0.2) is 19.0 Å². The topological polar surface area (TPSA) is 21.6 Å². The highest BCUT2D eigenvalue weighted by atomic mass is 16.5. The largest absolute Gasteiger partial charge is 0.479 e. The first-order chi connectivity index (χ1) is 5.93. The number of ether oxygens (including phenoxy) is 1. The minimum Gasteiger partial charge on any atom is -0.479 e. The fourth-order valence-electron chi connectivity index (χ4n) is 2.64. The van der Waals surface area contributed by atoms with Crippen LogP contribution in [0.3, 0.4) is 0 Å². The van der Waals surface area contributed by atoms with Crippen LogP contribution < -0.4 is 0 Å². The lowest BCUT2D eigenvalue weighted by Gasteiger charge is -2.16. The number of nitrogens with zero attached hydrogens (tertiary/aromatic N) is 1. The highest BCUT2D eigenvalue weighted by Gasteiger charge is 2.40. The summed E-state index contributed by atoms with van der Waals surface area (Å²) in [6, 6.07) is 0. The SMILES string of the molecule is C1=CC2CC1CC2C1=NCCO1. The summed E-state index contributed by atoms with van der Waals surface area (Å²) in [5.74, 6) is 3.24. The molecule has 0 aromatic heterocycles. The van der Waals surface area contributed by atoms with Crippen molar-refractivity contribution in [3.05, 3.63) is 12.2 Å². The van der Waals surface area contributed by atoms with Crippen molar-refractivity contribution in [3.8, 4) is 0 Å². The van der Waals surface area contributed by atoms with Crippen molar-refractivity contribution >= 4 is 5.90 Å². The third kappa shape index (κ3) is 0.838. The lowest BCUT2D eigenvalue weighted by Crippen LogP contribution is -2.19. The monoisotopic (exact) mass is 163 g/mol. The standard InChI is InChI=1S/C10H13NO/c1-2-8-5-7(1)6-9(8)10-11-3-4-12-10/h1-2,7-9H,3-6H2. The van der Waals surface area contributed by atoms with Crippen LogP contribution in [0.5, 0.6) is 0 Å². The molecule has 0 spiro atoms. The van der Waals surface area contributed by atoms with Crippen molar-refractivity contribution in [1.29, 1.82) is 0 Å². The maximum absolute atomic E-state index is 5.51. The second kappa shape index (κ2) is 2.35. The second-order valence-corrected chi connectivity index (χ2v) is 3.96. The van der Waals surface area contributed by atoms with Gasteiger partial charge in [-0.2, -0.15) is 0 Å². The van der Waals surface area contributed by atoms with Crippen molar-refractivity contribution in [3.63, 3.8) is 0 Å². The van der Waals surface area contributed by atoms with Gasteiger partial charge >= 0.3 is 0 Å². The van der Waals surface area contributed by atoms with Crippen LogP contribution in [0.2, 0.25) is 0 Å². The Morgan fingerprint density at radius 3 is 2.92 bits per heavy atom. The quantitative estimate of drug-likeness (QED) is 0.538. The summed E-state index contributed by atoms with van der Waals surface area (Å²) in [5, 5.41) is 0. The van der Waals surface area contributed by atoms with Gasteiger partial charge in [-0.1, -0.05) is 12.2 Å². The molecular formula is C10H13NO. The van der Waals surface area contributed by atoms with Crippen molar-refractivity contribution in [1.82, 2.24) is 0 Å². The summed E-state index contributed by atoms with van der Waals surface area (Å²) in [6.07, 6.45) is 7.33. The average molecular weight is 163 g/mol.